The van der Waals surface area contributed by atoms with Gasteiger partial charge in [0.15, 0.2) is 0 Å². The molecule has 0 aliphatic carbocycles. The summed E-state index contributed by atoms with van der Waals surface area (Å²) >= 11 is 3.34. The molecule has 0 aliphatic rings. The van der Waals surface area contributed by atoms with Gasteiger partial charge >= 0.3 is 0 Å². The second-order valence-corrected chi connectivity index (χ2v) is 4.60. The summed E-state index contributed by atoms with van der Waals surface area (Å²) in [6, 6.07) is 1.86. The average Bonchev–Trinajstić information content (AvgIpc) is 2.23. The highest BCUT2D eigenvalue weighted by Crippen LogP contribution is 2.14. The number of aliphatic hydroxyl groups is 1. The zero-order valence-electron chi connectivity index (χ0n) is 9.70. The standard InChI is InChI=1S/C11H18BrN3O/c1-3-9(4-5-16)7-13-11-6-10(12)14-8(2)15-11/h6,9,16H,3-5,7H2,1-2H3,(H,13,14,15). The maximum absolute atomic E-state index is 8.89. The van der Waals surface area contributed by atoms with Crippen LogP contribution in [0.3, 0.4) is 0 Å². The van der Waals surface area contributed by atoms with Gasteiger partial charge in [-0.15, -0.1) is 0 Å². The number of rotatable bonds is 6. The van der Waals surface area contributed by atoms with E-state index in [1.54, 1.807) is 0 Å². The summed E-state index contributed by atoms with van der Waals surface area (Å²) in [6.45, 7) is 5.07. The molecule has 4 nitrogen and oxygen atoms in total. The fourth-order valence-electron chi connectivity index (χ4n) is 1.50. The van der Waals surface area contributed by atoms with Crippen molar-refractivity contribution in [2.24, 2.45) is 5.92 Å². The Bertz CT molecular complexity index is 313. The lowest BCUT2D eigenvalue weighted by molar-refractivity contribution is 0.258. The van der Waals surface area contributed by atoms with Gasteiger partial charge in [0.25, 0.3) is 0 Å². The zero-order chi connectivity index (χ0) is 12.0. The quantitative estimate of drug-likeness (QED) is 0.789. The van der Waals surface area contributed by atoms with Gasteiger partial charge in [0.1, 0.15) is 16.2 Å². The minimum absolute atomic E-state index is 0.243. The predicted octanol–water partition coefficient (Wildman–Crippen LogP) is 2.37. The highest BCUT2D eigenvalue weighted by atomic mass is 79.9. The molecule has 1 rings (SSSR count). The van der Waals surface area contributed by atoms with Crippen LogP contribution in [0.5, 0.6) is 0 Å². The lowest BCUT2D eigenvalue weighted by atomic mass is 10.0. The number of anilines is 1. The summed E-state index contributed by atoms with van der Waals surface area (Å²) in [7, 11) is 0. The molecule has 0 spiro atoms. The third kappa shape index (κ3) is 4.45. The first-order valence-corrected chi connectivity index (χ1v) is 6.31. The maximum atomic E-state index is 8.89. The molecule has 5 heteroatoms. The first-order valence-electron chi connectivity index (χ1n) is 5.51. The normalized spacial score (nSPS) is 12.5. The van der Waals surface area contributed by atoms with Gasteiger partial charge in [0.2, 0.25) is 0 Å². The molecule has 1 aromatic heterocycles. The highest BCUT2D eigenvalue weighted by molar-refractivity contribution is 9.10. The predicted molar refractivity (Wildman–Crippen MR) is 68.4 cm³/mol. The zero-order valence-corrected chi connectivity index (χ0v) is 11.3. The molecule has 1 atom stereocenters. The van der Waals surface area contributed by atoms with Gasteiger partial charge in [-0.3, -0.25) is 0 Å². The third-order valence-electron chi connectivity index (χ3n) is 2.49. The van der Waals surface area contributed by atoms with Gasteiger partial charge < -0.3 is 10.4 Å². The van der Waals surface area contributed by atoms with Crippen molar-refractivity contribution < 1.29 is 5.11 Å². The number of aromatic nitrogens is 2. The van der Waals surface area contributed by atoms with Crippen LogP contribution < -0.4 is 5.32 Å². The van der Waals surface area contributed by atoms with Crippen molar-refractivity contribution in [2.75, 3.05) is 18.5 Å². The van der Waals surface area contributed by atoms with E-state index in [1.165, 1.54) is 0 Å². The molecule has 2 N–H and O–H groups in total. The van der Waals surface area contributed by atoms with Crippen molar-refractivity contribution in [2.45, 2.75) is 26.7 Å². The minimum Gasteiger partial charge on any atom is -0.396 e. The first-order chi connectivity index (χ1) is 7.65. The van der Waals surface area contributed by atoms with E-state index in [-0.39, 0.29) is 6.61 Å². The van der Waals surface area contributed by atoms with E-state index in [9.17, 15) is 0 Å². The Labute approximate surface area is 105 Å². The van der Waals surface area contributed by atoms with E-state index >= 15 is 0 Å². The van der Waals surface area contributed by atoms with Crippen molar-refractivity contribution in [3.8, 4) is 0 Å². The van der Waals surface area contributed by atoms with Crippen molar-refractivity contribution in [3.05, 3.63) is 16.5 Å². The molecule has 0 aromatic carbocycles. The molecule has 0 fully saturated rings. The second kappa shape index (κ2) is 6.81. The number of aliphatic hydroxyl groups excluding tert-OH is 1. The molecule has 0 saturated heterocycles. The molecule has 1 aromatic rings. The van der Waals surface area contributed by atoms with Crippen LogP contribution in [0.15, 0.2) is 10.7 Å². The number of halogens is 1. The molecule has 16 heavy (non-hydrogen) atoms. The van der Waals surface area contributed by atoms with Crippen LogP contribution >= 0.6 is 15.9 Å². The summed E-state index contributed by atoms with van der Waals surface area (Å²) in [5, 5.41) is 12.2. The fraction of sp³-hybridized carbons (Fsp3) is 0.636. The van der Waals surface area contributed by atoms with E-state index in [0.29, 0.717) is 5.92 Å². The van der Waals surface area contributed by atoms with E-state index in [1.807, 2.05) is 13.0 Å². The second-order valence-electron chi connectivity index (χ2n) is 3.79. The van der Waals surface area contributed by atoms with Gasteiger partial charge in [-0.05, 0) is 35.2 Å². The number of nitrogens with zero attached hydrogens (tertiary/aromatic N) is 2. The van der Waals surface area contributed by atoms with E-state index in [2.05, 4.69) is 38.1 Å². The lowest BCUT2D eigenvalue weighted by Crippen LogP contribution is -2.16. The molecular weight excluding hydrogens is 270 g/mol. The molecule has 0 radical (unpaired) electrons. The number of hydrogen-bond donors (Lipinski definition) is 2. The minimum atomic E-state index is 0.243. The maximum Gasteiger partial charge on any atom is 0.130 e. The molecule has 0 aliphatic heterocycles. The van der Waals surface area contributed by atoms with Crippen LogP contribution in [-0.2, 0) is 0 Å². The van der Waals surface area contributed by atoms with E-state index in [4.69, 9.17) is 5.11 Å². The van der Waals surface area contributed by atoms with Crippen molar-refractivity contribution >= 4 is 21.7 Å². The molecule has 0 amide bonds. The Morgan fingerprint density at radius 1 is 1.50 bits per heavy atom. The molecule has 0 saturated carbocycles. The SMILES string of the molecule is CCC(CCO)CNc1cc(Br)nc(C)n1. The van der Waals surface area contributed by atoms with Crippen molar-refractivity contribution in [3.63, 3.8) is 0 Å². The number of hydrogen-bond acceptors (Lipinski definition) is 4. The van der Waals surface area contributed by atoms with Gasteiger partial charge in [-0.25, -0.2) is 9.97 Å². The summed E-state index contributed by atoms with van der Waals surface area (Å²) in [6.07, 6.45) is 1.88. The monoisotopic (exact) mass is 287 g/mol. The Morgan fingerprint density at radius 3 is 2.81 bits per heavy atom. The third-order valence-corrected chi connectivity index (χ3v) is 2.90. The van der Waals surface area contributed by atoms with Crippen LogP contribution in [0.25, 0.3) is 0 Å². The van der Waals surface area contributed by atoms with Crippen molar-refractivity contribution in [1.82, 2.24) is 9.97 Å². The number of aryl methyl sites for hydroxylation is 1. The topological polar surface area (TPSA) is 58.0 Å². The highest BCUT2D eigenvalue weighted by Gasteiger charge is 2.06. The molecule has 1 heterocycles. The van der Waals surface area contributed by atoms with Crippen LogP contribution in [0.2, 0.25) is 0 Å². The average molecular weight is 288 g/mol. The van der Waals surface area contributed by atoms with Crippen LogP contribution in [0, 0.1) is 12.8 Å². The largest absolute Gasteiger partial charge is 0.396 e. The van der Waals surface area contributed by atoms with Crippen LogP contribution in [0.4, 0.5) is 5.82 Å². The molecular formula is C11H18BrN3O. The summed E-state index contributed by atoms with van der Waals surface area (Å²) in [4.78, 5) is 8.43. The Hall–Kier alpha value is -0.680. The Kier molecular flexibility index (Phi) is 5.69. The fourth-order valence-corrected chi connectivity index (χ4v) is 1.98. The summed E-state index contributed by atoms with van der Waals surface area (Å²) in [5.41, 5.74) is 0. The van der Waals surface area contributed by atoms with Gasteiger partial charge in [0.05, 0.1) is 0 Å². The van der Waals surface area contributed by atoms with E-state index in [0.717, 1.165) is 35.6 Å². The van der Waals surface area contributed by atoms with E-state index < -0.39 is 0 Å². The molecule has 0 bridgehead atoms. The molecule has 90 valence electrons. The van der Waals surface area contributed by atoms with Crippen LogP contribution in [-0.4, -0.2) is 28.2 Å². The van der Waals surface area contributed by atoms with Gasteiger partial charge in [-0.2, -0.15) is 0 Å². The number of nitrogens with one attached hydrogen (secondary N) is 1. The summed E-state index contributed by atoms with van der Waals surface area (Å²) in [5.74, 6) is 2.06. The Balaban J connectivity index is 2.52. The van der Waals surface area contributed by atoms with Gasteiger partial charge in [-0.1, -0.05) is 13.3 Å². The van der Waals surface area contributed by atoms with Crippen molar-refractivity contribution in [1.29, 1.82) is 0 Å². The first kappa shape index (κ1) is 13.4. The lowest BCUT2D eigenvalue weighted by Gasteiger charge is -2.14. The van der Waals surface area contributed by atoms with Gasteiger partial charge in [0, 0.05) is 19.2 Å². The van der Waals surface area contributed by atoms with Crippen LogP contribution in [0.1, 0.15) is 25.6 Å². The molecule has 1 unspecified atom stereocenters. The Morgan fingerprint density at radius 2 is 2.25 bits per heavy atom. The smallest absolute Gasteiger partial charge is 0.130 e. The summed E-state index contributed by atoms with van der Waals surface area (Å²) < 4.78 is 0.790.